The number of piperazine rings is 1. The van der Waals surface area contributed by atoms with Gasteiger partial charge in [-0.3, -0.25) is 9.69 Å². The Balaban J connectivity index is 1.34. The first-order valence-corrected chi connectivity index (χ1v) is 9.88. The molecule has 0 aromatic heterocycles. The monoisotopic (exact) mass is 418 g/mol. The van der Waals surface area contributed by atoms with Gasteiger partial charge in [0.25, 0.3) is 0 Å². The van der Waals surface area contributed by atoms with E-state index in [1.807, 2.05) is 24.3 Å². The first kappa shape index (κ1) is 21.1. The molecule has 0 bridgehead atoms. The van der Waals surface area contributed by atoms with E-state index in [1.54, 1.807) is 17.0 Å². The Morgan fingerprint density at radius 1 is 0.897 bits per heavy atom. The molecule has 0 unspecified atom stereocenters. The Kier molecular flexibility index (Phi) is 7.43. The van der Waals surface area contributed by atoms with E-state index in [1.165, 1.54) is 17.7 Å². The quantitative estimate of drug-likeness (QED) is 0.758. The van der Waals surface area contributed by atoms with Crippen molar-refractivity contribution in [2.45, 2.75) is 13.1 Å². The predicted molar refractivity (Wildman–Crippen MR) is 110 cm³/mol. The Morgan fingerprint density at radius 2 is 1.52 bits per heavy atom. The highest BCUT2D eigenvalue weighted by atomic mass is 35.5. The minimum absolute atomic E-state index is 0.0492. The number of amides is 3. The fraction of sp³-hybridized carbons (Fsp3) is 0.333. The van der Waals surface area contributed by atoms with Crippen LogP contribution in [0.4, 0.5) is 9.18 Å². The number of benzene rings is 2. The maximum Gasteiger partial charge on any atom is 0.315 e. The summed E-state index contributed by atoms with van der Waals surface area (Å²) < 4.78 is 12.9. The largest absolute Gasteiger partial charge is 0.339 e. The summed E-state index contributed by atoms with van der Waals surface area (Å²) in [7, 11) is 0. The van der Waals surface area contributed by atoms with Gasteiger partial charge in [0.15, 0.2) is 0 Å². The minimum atomic E-state index is -0.427. The van der Waals surface area contributed by atoms with Crippen LogP contribution >= 0.6 is 11.6 Å². The van der Waals surface area contributed by atoms with Crippen LogP contribution in [0.1, 0.15) is 11.1 Å². The summed E-state index contributed by atoms with van der Waals surface area (Å²) in [6.07, 6.45) is 0. The summed E-state index contributed by atoms with van der Waals surface area (Å²) in [5, 5.41) is 5.95. The molecule has 154 valence electrons. The fourth-order valence-corrected chi connectivity index (χ4v) is 3.24. The number of carbonyl (C=O) groups excluding carboxylic acids is 2. The molecule has 0 radical (unpaired) electrons. The van der Waals surface area contributed by atoms with Crippen LogP contribution in [0, 0.1) is 5.82 Å². The van der Waals surface area contributed by atoms with Crippen LogP contribution in [0.2, 0.25) is 5.02 Å². The van der Waals surface area contributed by atoms with Crippen molar-refractivity contribution in [3.63, 3.8) is 0 Å². The van der Waals surface area contributed by atoms with Gasteiger partial charge in [-0.25, -0.2) is 9.18 Å². The maximum absolute atomic E-state index is 12.9. The third kappa shape index (κ3) is 6.73. The van der Waals surface area contributed by atoms with Gasteiger partial charge in [-0.2, -0.15) is 0 Å². The first-order valence-electron chi connectivity index (χ1n) is 9.50. The molecule has 2 aromatic carbocycles. The zero-order chi connectivity index (χ0) is 20.6. The molecule has 1 aliphatic rings. The summed E-state index contributed by atoms with van der Waals surface area (Å²) in [6.45, 7) is 3.87. The molecule has 0 spiro atoms. The van der Waals surface area contributed by atoms with Crippen LogP contribution < -0.4 is 10.6 Å². The van der Waals surface area contributed by atoms with E-state index in [4.69, 9.17) is 11.6 Å². The summed E-state index contributed by atoms with van der Waals surface area (Å²) >= 11 is 5.91. The van der Waals surface area contributed by atoms with Gasteiger partial charge in [0.2, 0.25) is 5.91 Å². The average Bonchev–Trinajstić information content (AvgIpc) is 2.74. The normalized spacial score (nSPS) is 14.5. The van der Waals surface area contributed by atoms with E-state index in [0.29, 0.717) is 13.1 Å². The lowest BCUT2D eigenvalue weighted by Gasteiger charge is -2.34. The molecule has 6 nitrogen and oxygen atoms in total. The number of carbonyl (C=O) groups is 2. The molecule has 2 N–H and O–H groups in total. The second-order valence-corrected chi connectivity index (χ2v) is 7.38. The van der Waals surface area contributed by atoms with Gasteiger partial charge in [-0.05, 0) is 35.4 Å². The van der Waals surface area contributed by atoms with Gasteiger partial charge in [-0.15, -0.1) is 0 Å². The topological polar surface area (TPSA) is 64.7 Å². The molecule has 2 aromatic rings. The Bertz CT molecular complexity index is 822. The van der Waals surface area contributed by atoms with Gasteiger partial charge in [-0.1, -0.05) is 35.9 Å². The van der Waals surface area contributed by atoms with Gasteiger partial charge in [0.1, 0.15) is 5.82 Å². The second kappa shape index (κ2) is 10.2. The van der Waals surface area contributed by atoms with Crippen molar-refractivity contribution in [3.8, 4) is 0 Å². The fourth-order valence-electron chi connectivity index (χ4n) is 3.12. The molecular formula is C21H24ClFN4O2. The zero-order valence-corrected chi connectivity index (χ0v) is 16.8. The SMILES string of the molecule is O=C(NCC(=O)N1CCN(Cc2ccc(Cl)cc2)CC1)NCc1ccc(F)cc1. The summed E-state index contributed by atoms with van der Waals surface area (Å²) in [6, 6.07) is 13.2. The highest BCUT2D eigenvalue weighted by Gasteiger charge is 2.21. The first-order chi connectivity index (χ1) is 14.0. The number of rotatable bonds is 6. The number of nitrogens with zero attached hydrogens (tertiary/aromatic N) is 2. The lowest BCUT2D eigenvalue weighted by Crippen LogP contribution is -2.51. The van der Waals surface area contributed by atoms with Crippen LogP contribution in [0.5, 0.6) is 0 Å². The highest BCUT2D eigenvalue weighted by Crippen LogP contribution is 2.13. The number of hydrogen-bond acceptors (Lipinski definition) is 3. The van der Waals surface area contributed by atoms with Crippen LogP contribution in [0.25, 0.3) is 0 Å². The standard InChI is InChI=1S/C21H24ClFN4O2/c22-18-5-1-17(2-6-18)15-26-9-11-27(12-10-26)20(28)14-25-21(29)24-13-16-3-7-19(23)8-4-16/h1-8H,9-15H2,(H2,24,25,29). The predicted octanol–water partition coefficient (Wildman–Crippen LogP) is 2.62. The number of urea groups is 1. The number of halogens is 2. The van der Waals surface area contributed by atoms with Crippen molar-refractivity contribution in [1.29, 1.82) is 0 Å². The highest BCUT2D eigenvalue weighted by molar-refractivity contribution is 6.30. The Morgan fingerprint density at radius 3 is 2.17 bits per heavy atom. The van der Waals surface area contributed by atoms with Gasteiger partial charge < -0.3 is 15.5 Å². The van der Waals surface area contributed by atoms with Crippen molar-refractivity contribution in [1.82, 2.24) is 20.4 Å². The van der Waals surface area contributed by atoms with E-state index < -0.39 is 6.03 Å². The second-order valence-electron chi connectivity index (χ2n) is 6.95. The molecule has 0 aliphatic carbocycles. The van der Waals surface area contributed by atoms with E-state index in [2.05, 4.69) is 15.5 Å². The number of hydrogen-bond donors (Lipinski definition) is 2. The Labute approximate surface area is 174 Å². The van der Waals surface area contributed by atoms with E-state index >= 15 is 0 Å². The van der Waals surface area contributed by atoms with Crippen molar-refractivity contribution < 1.29 is 14.0 Å². The molecule has 0 saturated carbocycles. The summed E-state index contributed by atoms with van der Waals surface area (Å²) in [5.41, 5.74) is 1.97. The minimum Gasteiger partial charge on any atom is -0.339 e. The molecule has 1 saturated heterocycles. The molecule has 1 aliphatic heterocycles. The molecule has 0 atom stereocenters. The van der Waals surface area contributed by atoms with Crippen LogP contribution in [0.15, 0.2) is 48.5 Å². The van der Waals surface area contributed by atoms with Gasteiger partial charge in [0.05, 0.1) is 6.54 Å². The lowest BCUT2D eigenvalue weighted by atomic mass is 10.2. The van der Waals surface area contributed by atoms with Gasteiger partial charge >= 0.3 is 6.03 Å². The number of nitrogens with one attached hydrogen (secondary N) is 2. The molecule has 8 heteroatoms. The molecule has 1 fully saturated rings. The van der Waals surface area contributed by atoms with E-state index in [-0.39, 0.29) is 24.8 Å². The summed E-state index contributed by atoms with van der Waals surface area (Å²) in [5.74, 6) is -0.426. The van der Waals surface area contributed by atoms with E-state index in [0.717, 1.165) is 30.2 Å². The maximum atomic E-state index is 12.9. The third-order valence-corrected chi connectivity index (χ3v) is 5.06. The van der Waals surface area contributed by atoms with Crippen molar-refractivity contribution in [3.05, 3.63) is 70.5 Å². The van der Waals surface area contributed by atoms with Gasteiger partial charge in [0, 0.05) is 44.3 Å². The van der Waals surface area contributed by atoms with E-state index in [9.17, 15) is 14.0 Å². The van der Waals surface area contributed by atoms with Crippen LogP contribution in [0.3, 0.4) is 0 Å². The molecule has 29 heavy (non-hydrogen) atoms. The molecule has 3 rings (SSSR count). The zero-order valence-electron chi connectivity index (χ0n) is 16.0. The summed E-state index contributed by atoms with van der Waals surface area (Å²) in [4.78, 5) is 28.2. The molecular weight excluding hydrogens is 395 g/mol. The average molecular weight is 419 g/mol. The third-order valence-electron chi connectivity index (χ3n) is 4.81. The lowest BCUT2D eigenvalue weighted by molar-refractivity contribution is -0.131. The van der Waals surface area contributed by atoms with Crippen molar-refractivity contribution in [2.75, 3.05) is 32.7 Å². The molecule has 3 amide bonds. The molecule has 1 heterocycles. The van der Waals surface area contributed by atoms with Crippen LogP contribution in [-0.2, 0) is 17.9 Å². The van der Waals surface area contributed by atoms with Crippen molar-refractivity contribution >= 4 is 23.5 Å². The smallest absolute Gasteiger partial charge is 0.315 e. The van der Waals surface area contributed by atoms with Crippen molar-refractivity contribution in [2.24, 2.45) is 0 Å². The Hall–Kier alpha value is -2.64. The van der Waals surface area contributed by atoms with Crippen LogP contribution in [-0.4, -0.2) is 54.5 Å².